The lowest BCUT2D eigenvalue weighted by Gasteiger charge is -2.14. The van der Waals surface area contributed by atoms with Crippen molar-refractivity contribution in [3.8, 4) is 5.75 Å². The molecule has 1 heterocycles. The molecule has 0 saturated heterocycles. The summed E-state index contributed by atoms with van der Waals surface area (Å²) in [6.45, 7) is 1.75. The van der Waals surface area contributed by atoms with E-state index in [2.05, 4.69) is 15.9 Å². The zero-order valence-corrected chi connectivity index (χ0v) is 12.1. The van der Waals surface area contributed by atoms with Crippen LogP contribution in [0.25, 0.3) is 0 Å². The van der Waals surface area contributed by atoms with Crippen molar-refractivity contribution in [2.75, 3.05) is 4.90 Å². The second-order valence-corrected chi connectivity index (χ2v) is 5.52. The Labute approximate surface area is 123 Å². The van der Waals surface area contributed by atoms with Crippen molar-refractivity contribution in [3.63, 3.8) is 0 Å². The van der Waals surface area contributed by atoms with E-state index in [-0.39, 0.29) is 17.6 Å². The zero-order valence-electron chi connectivity index (χ0n) is 10.6. The summed E-state index contributed by atoms with van der Waals surface area (Å²) in [5.74, 6) is -0.699. The molecule has 2 aromatic rings. The summed E-state index contributed by atoms with van der Waals surface area (Å²) >= 11 is 3.29. The second-order valence-electron chi connectivity index (χ2n) is 4.61. The molecule has 2 amide bonds. The molecule has 0 bridgehead atoms. The van der Waals surface area contributed by atoms with Crippen molar-refractivity contribution in [2.24, 2.45) is 0 Å². The Morgan fingerprint density at radius 1 is 1.00 bits per heavy atom. The topological polar surface area (TPSA) is 57.6 Å². The summed E-state index contributed by atoms with van der Waals surface area (Å²) in [7, 11) is 0. The van der Waals surface area contributed by atoms with Gasteiger partial charge in [-0.3, -0.25) is 9.59 Å². The standard InChI is InChI=1S/C15H10BrNO3/c1-8-2-4-10(7-13(8)18)17-14(19)11-5-3-9(16)6-12(11)15(17)20/h2-7,18H,1H3. The average Bonchev–Trinajstić information content (AvgIpc) is 2.65. The van der Waals surface area contributed by atoms with Crippen LogP contribution in [0.4, 0.5) is 5.69 Å². The molecule has 0 spiro atoms. The molecule has 0 fully saturated rings. The third-order valence-electron chi connectivity index (χ3n) is 3.30. The second kappa shape index (κ2) is 4.45. The Kier molecular flexibility index (Phi) is 2.87. The fourth-order valence-corrected chi connectivity index (χ4v) is 2.55. The SMILES string of the molecule is Cc1ccc(N2C(=O)c3ccc(Br)cc3C2=O)cc1O. The summed E-state index contributed by atoms with van der Waals surface area (Å²) in [6.07, 6.45) is 0. The zero-order chi connectivity index (χ0) is 14.4. The van der Waals surface area contributed by atoms with Crippen LogP contribution in [0.3, 0.4) is 0 Å². The summed E-state index contributed by atoms with van der Waals surface area (Å²) < 4.78 is 0.742. The molecular formula is C15H10BrNO3. The fraction of sp³-hybridized carbons (Fsp3) is 0.0667. The molecule has 1 N–H and O–H groups in total. The van der Waals surface area contributed by atoms with Gasteiger partial charge in [-0.15, -0.1) is 0 Å². The quantitative estimate of drug-likeness (QED) is 0.816. The normalized spacial score (nSPS) is 13.8. The molecule has 20 heavy (non-hydrogen) atoms. The average molecular weight is 332 g/mol. The van der Waals surface area contributed by atoms with E-state index in [1.807, 2.05) is 0 Å². The maximum absolute atomic E-state index is 12.4. The predicted octanol–water partition coefficient (Wildman–Crippen LogP) is 3.26. The summed E-state index contributed by atoms with van der Waals surface area (Å²) in [5, 5.41) is 9.74. The maximum Gasteiger partial charge on any atom is 0.266 e. The number of aromatic hydroxyl groups is 1. The van der Waals surface area contributed by atoms with Gasteiger partial charge in [0.05, 0.1) is 16.8 Å². The minimum absolute atomic E-state index is 0.0558. The van der Waals surface area contributed by atoms with Crippen LogP contribution in [0.15, 0.2) is 40.9 Å². The minimum Gasteiger partial charge on any atom is -0.508 e. The van der Waals surface area contributed by atoms with Crippen molar-refractivity contribution in [1.29, 1.82) is 0 Å². The number of carbonyl (C=O) groups excluding carboxylic acids is 2. The van der Waals surface area contributed by atoms with E-state index in [1.54, 1.807) is 37.3 Å². The number of imide groups is 1. The van der Waals surface area contributed by atoms with E-state index in [1.165, 1.54) is 6.07 Å². The third kappa shape index (κ3) is 1.82. The molecule has 100 valence electrons. The van der Waals surface area contributed by atoms with Gasteiger partial charge in [0.2, 0.25) is 0 Å². The lowest BCUT2D eigenvalue weighted by molar-refractivity contribution is 0.0926. The largest absolute Gasteiger partial charge is 0.508 e. The van der Waals surface area contributed by atoms with Crippen molar-refractivity contribution < 1.29 is 14.7 Å². The number of rotatable bonds is 1. The first-order valence-corrected chi connectivity index (χ1v) is 6.76. The predicted molar refractivity (Wildman–Crippen MR) is 78.1 cm³/mol. The molecule has 1 aliphatic heterocycles. The Balaban J connectivity index is 2.11. The first kappa shape index (κ1) is 12.9. The van der Waals surface area contributed by atoms with E-state index in [0.29, 0.717) is 22.4 Å². The van der Waals surface area contributed by atoms with Crippen molar-refractivity contribution in [3.05, 3.63) is 57.6 Å². The molecule has 0 saturated carbocycles. The third-order valence-corrected chi connectivity index (χ3v) is 3.79. The molecule has 0 unspecified atom stereocenters. The van der Waals surface area contributed by atoms with Crippen molar-refractivity contribution in [2.45, 2.75) is 6.92 Å². The smallest absolute Gasteiger partial charge is 0.266 e. The number of carbonyl (C=O) groups is 2. The van der Waals surface area contributed by atoms with Gasteiger partial charge >= 0.3 is 0 Å². The van der Waals surface area contributed by atoms with Crippen LogP contribution >= 0.6 is 15.9 Å². The lowest BCUT2D eigenvalue weighted by atomic mass is 10.1. The number of fused-ring (bicyclic) bond motifs is 1. The van der Waals surface area contributed by atoms with Crippen LogP contribution in [-0.2, 0) is 0 Å². The molecule has 3 rings (SSSR count). The maximum atomic E-state index is 12.4. The number of phenolic OH excluding ortho intramolecular Hbond substituents is 1. The highest BCUT2D eigenvalue weighted by Gasteiger charge is 2.36. The monoisotopic (exact) mass is 331 g/mol. The van der Waals surface area contributed by atoms with E-state index in [4.69, 9.17) is 0 Å². The first-order chi connectivity index (χ1) is 9.49. The Morgan fingerprint density at radius 3 is 2.40 bits per heavy atom. The van der Waals surface area contributed by atoms with Crippen molar-refractivity contribution in [1.82, 2.24) is 0 Å². The minimum atomic E-state index is -0.380. The molecule has 0 radical (unpaired) electrons. The number of aryl methyl sites for hydroxylation is 1. The summed E-state index contributed by atoms with van der Waals surface area (Å²) in [6, 6.07) is 9.71. The van der Waals surface area contributed by atoms with Gasteiger partial charge in [-0.1, -0.05) is 22.0 Å². The van der Waals surface area contributed by atoms with Gasteiger partial charge in [-0.2, -0.15) is 0 Å². The number of nitrogens with zero attached hydrogens (tertiary/aromatic N) is 1. The number of phenols is 1. The number of hydrogen-bond donors (Lipinski definition) is 1. The van der Waals surface area contributed by atoms with E-state index in [9.17, 15) is 14.7 Å². The number of amides is 2. The lowest BCUT2D eigenvalue weighted by Crippen LogP contribution is -2.29. The Morgan fingerprint density at radius 2 is 1.70 bits per heavy atom. The molecule has 2 aromatic carbocycles. The van der Waals surface area contributed by atoms with Crippen molar-refractivity contribution >= 4 is 33.4 Å². The van der Waals surface area contributed by atoms with E-state index >= 15 is 0 Å². The van der Waals surface area contributed by atoms with Crippen LogP contribution in [-0.4, -0.2) is 16.9 Å². The number of halogens is 1. The van der Waals surface area contributed by atoms with Gasteiger partial charge in [-0.25, -0.2) is 4.90 Å². The van der Waals surface area contributed by atoms with Crippen LogP contribution < -0.4 is 4.90 Å². The van der Waals surface area contributed by atoms with E-state index in [0.717, 1.165) is 9.37 Å². The number of anilines is 1. The van der Waals surface area contributed by atoms with Gasteiger partial charge in [0, 0.05) is 10.5 Å². The highest BCUT2D eigenvalue weighted by atomic mass is 79.9. The molecule has 1 aliphatic rings. The van der Waals surface area contributed by atoms with Gasteiger partial charge in [-0.05, 0) is 36.8 Å². The molecule has 0 aromatic heterocycles. The molecular weight excluding hydrogens is 322 g/mol. The first-order valence-electron chi connectivity index (χ1n) is 5.97. The van der Waals surface area contributed by atoms with Gasteiger partial charge < -0.3 is 5.11 Å². The van der Waals surface area contributed by atoms with Crippen LogP contribution in [0, 0.1) is 6.92 Å². The van der Waals surface area contributed by atoms with Gasteiger partial charge in [0.1, 0.15) is 5.75 Å². The van der Waals surface area contributed by atoms with Gasteiger partial charge in [0.15, 0.2) is 0 Å². The van der Waals surface area contributed by atoms with Crippen LogP contribution in [0.5, 0.6) is 5.75 Å². The summed E-state index contributed by atoms with van der Waals surface area (Å²) in [4.78, 5) is 25.8. The Bertz CT molecular complexity index is 755. The summed E-state index contributed by atoms with van der Waals surface area (Å²) in [5.41, 5.74) is 1.80. The highest BCUT2D eigenvalue weighted by molar-refractivity contribution is 9.10. The number of hydrogen-bond acceptors (Lipinski definition) is 3. The van der Waals surface area contributed by atoms with Crippen LogP contribution in [0.2, 0.25) is 0 Å². The number of benzene rings is 2. The fourth-order valence-electron chi connectivity index (χ4n) is 2.18. The molecule has 0 aliphatic carbocycles. The molecule has 0 atom stereocenters. The molecule has 4 nitrogen and oxygen atoms in total. The highest BCUT2D eigenvalue weighted by Crippen LogP contribution is 2.32. The molecule has 5 heteroatoms. The van der Waals surface area contributed by atoms with Gasteiger partial charge in [0.25, 0.3) is 11.8 Å². The van der Waals surface area contributed by atoms with Crippen LogP contribution in [0.1, 0.15) is 26.3 Å². The Hall–Kier alpha value is -2.14. The van der Waals surface area contributed by atoms with E-state index < -0.39 is 0 Å².